The first kappa shape index (κ1) is 14.8. The van der Waals surface area contributed by atoms with Gasteiger partial charge in [-0.05, 0) is 37.5 Å². The molecule has 1 aliphatic carbocycles. The summed E-state index contributed by atoms with van der Waals surface area (Å²) in [5, 5.41) is 8.62. The van der Waals surface area contributed by atoms with Crippen LogP contribution in [0.5, 0.6) is 0 Å². The van der Waals surface area contributed by atoms with E-state index in [0.29, 0.717) is 5.56 Å². The number of sulfonamides is 1. The third-order valence-corrected chi connectivity index (χ3v) is 5.27. The Morgan fingerprint density at radius 2 is 2.15 bits per heavy atom. The van der Waals surface area contributed by atoms with E-state index in [2.05, 4.69) is 0 Å². The molecule has 0 aliphatic heterocycles. The zero-order valence-electron chi connectivity index (χ0n) is 11.1. The molecule has 2 N–H and O–H groups in total. The maximum atomic E-state index is 14.0. The van der Waals surface area contributed by atoms with Crippen LogP contribution in [0.15, 0.2) is 17.0 Å². The van der Waals surface area contributed by atoms with Crippen LogP contribution in [0.1, 0.15) is 24.8 Å². The summed E-state index contributed by atoms with van der Waals surface area (Å²) in [6.07, 6.45) is 1.57. The number of nitrogens with zero attached hydrogens (tertiary/aromatic N) is 2. The molecule has 108 valence electrons. The summed E-state index contributed by atoms with van der Waals surface area (Å²) < 4.78 is 40.2. The number of anilines is 1. The normalized spacial score (nSPS) is 15.3. The van der Waals surface area contributed by atoms with Crippen molar-refractivity contribution in [2.75, 3.05) is 12.3 Å². The Morgan fingerprint density at radius 1 is 1.50 bits per heavy atom. The van der Waals surface area contributed by atoms with Gasteiger partial charge in [-0.15, -0.1) is 0 Å². The van der Waals surface area contributed by atoms with Gasteiger partial charge in [-0.3, -0.25) is 0 Å². The van der Waals surface area contributed by atoms with Crippen LogP contribution >= 0.6 is 0 Å². The molecular formula is C13H16FN3O2S. The lowest BCUT2D eigenvalue weighted by atomic mass is 10.2. The van der Waals surface area contributed by atoms with E-state index in [-0.39, 0.29) is 24.7 Å². The number of aryl methyl sites for hydroxylation is 1. The predicted octanol–water partition coefficient (Wildman–Crippen LogP) is 1.78. The van der Waals surface area contributed by atoms with Crippen LogP contribution in [0.3, 0.4) is 0 Å². The summed E-state index contributed by atoms with van der Waals surface area (Å²) in [5.74, 6) is -0.806. The third-order valence-electron chi connectivity index (χ3n) is 3.31. The molecule has 0 aromatic heterocycles. The van der Waals surface area contributed by atoms with Gasteiger partial charge in [0.25, 0.3) is 0 Å². The summed E-state index contributed by atoms with van der Waals surface area (Å²) in [6, 6.07) is 4.06. The Balaban J connectivity index is 2.43. The summed E-state index contributed by atoms with van der Waals surface area (Å²) in [5.41, 5.74) is 6.41. The number of hydrogen-bond donors (Lipinski definition) is 1. The van der Waals surface area contributed by atoms with Crippen molar-refractivity contribution < 1.29 is 12.8 Å². The lowest BCUT2D eigenvalue weighted by Gasteiger charge is -2.21. The van der Waals surface area contributed by atoms with E-state index in [4.69, 9.17) is 11.0 Å². The minimum Gasteiger partial charge on any atom is -0.398 e. The molecule has 0 spiro atoms. The second kappa shape index (κ2) is 5.38. The van der Waals surface area contributed by atoms with E-state index in [0.717, 1.165) is 25.0 Å². The second-order valence-electron chi connectivity index (χ2n) is 4.89. The maximum Gasteiger partial charge on any atom is 0.246 e. The number of nitrogens with two attached hydrogens (primary N) is 1. The fourth-order valence-electron chi connectivity index (χ4n) is 2.01. The molecule has 20 heavy (non-hydrogen) atoms. The van der Waals surface area contributed by atoms with Gasteiger partial charge in [0.15, 0.2) is 0 Å². The van der Waals surface area contributed by atoms with Crippen LogP contribution in [0.4, 0.5) is 10.1 Å². The van der Waals surface area contributed by atoms with E-state index in [1.165, 1.54) is 4.31 Å². The van der Waals surface area contributed by atoms with Gasteiger partial charge in [-0.2, -0.15) is 9.57 Å². The number of nitriles is 1. The predicted molar refractivity (Wildman–Crippen MR) is 72.7 cm³/mol. The molecule has 0 atom stereocenters. The van der Waals surface area contributed by atoms with E-state index in [9.17, 15) is 12.8 Å². The van der Waals surface area contributed by atoms with E-state index in [1.807, 2.05) is 6.07 Å². The quantitative estimate of drug-likeness (QED) is 0.839. The summed E-state index contributed by atoms with van der Waals surface area (Å²) >= 11 is 0. The van der Waals surface area contributed by atoms with E-state index in [1.54, 1.807) is 6.92 Å². The smallest absolute Gasteiger partial charge is 0.246 e. The zero-order valence-corrected chi connectivity index (χ0v) is 12.0. The van der Waals surface area contributed by atoms with Crippen LogP contribution in [0.25, 0.3) is 0 Å². The van der Waals surface area contributed by atoms with E-state index < -0.39 is 20.7 Å². The average Bonchev–Trinajstić information content (AvgIpc) is 3.18. The molecule has 0 bridgehead atoms. The average molecular weight is 297 g/mol. The Hall–Kier alpha value is -1.65. The molecule has 2 rings (SSSR count). The summed E-state index contributed by atoms with van der Waals surface area (Å²) in [7, 11) is -3.95. The number of hydrogen-bond acceptors (Lipinski definition) is 4. The van der Waals surface area contributed by atoms with Gasteiger partial charge in [0, 0.05) is 24.7 Å². The fraction of sp³-hybridized carbons (Fsp3) is 0.462. The highest BCUT2D eigenvalue weighted by molar-refractivity contribution is 7.89. The van der Waals surface area contributed by atoms with Crippen LogP contribution in [-0.4, -0.2) is 25.3 Å². The Kier molecular flexibility index (Phi) is 3.97. The number of nitrogen functional groups attached to an aromatic ring is 1. The molecule has 0 saturated heterocycles. The van der Waals surface area contributed by atoms with Gasteiger partial charge >= 0.3 is 0 Å². The molecule has 0 amide bonds. The van der Waals surface area contributed by atoms with Crippen LogP contribution in [-0.2, 0) is 10.0 Å². The molecule has 0 heterocycles. The highest BCUT2D eigenvalue weighted by Crippen LogP contribution is 2.33. The molecule has 1 fully saturated rings. The summed E-state index contributed by atoms with van der Waals surface area (Å²) in [4.78, 5) is -0.412. The topological polar surface area (TPSA) is 87.2 Å². The lowest BCUT2D eigenvalue weighted by molar-refractivity contribution is 0.407. The minimum atomic E-state index is -3.95. The summed E-state index contributed by atoms with van der Waals surface area (Å²) in [6.45, 7) is 1.69. The van der Waals surface area contributed by atoms with Crippen molar-refractivity contribution in [2.24, 2.45) is 0 Å². The molecule has 1 aromatic carbocycles. The standard InChI is InChI=1S/C13H16FN3O2S/c1-9-7-11(14)13(8-12(9)16)20(18,19)17(6-2-5-15)10-3-4-10/h7-8,10H,2-4,6,16H2,1H3. The van der Waals surface area contributed by atoms with Crippen molar-refractivity contribution in [1.29, 1.82) is 5.26 Å². The van der Waals surface area contributed by atoms with Gasteiger partial charge in [0.1, 0.15) is 10.7 Å². The molecule has 5 nitrogen and oxygen atoms in total. The Labute approximate surface area is 117 Å². The first-order valence-corrected chi connectivity index (χ1v) is 7.76. The van der Waals surface area contributed by atoms with Gasteiger partial charge in [0.05, 0.1) is 6.07 Å². The largest absolute Gasteiger partial charge is 0.398 e. The van der Waals surface area contributed by atoms with Gasteiger partial charge < -0.3 is 5.73 Å². The SMILES string of the molecule is Cc1cc(F)c(S(=O)(=O)N(CCC#N)C2CC2)cc1N. The van der Waals surface area contributed by atoms with Crippen LogP contribution in [0.2, 0.25) is 0 Å². The van der Waals surface area contributed by atoms with Gasteiger partial charge in [-0.1, -0.05) is 0 Å². The van der Waals surface area contributed by atoms with Crippen molar-refractivity contribution in [3.05, 3.63) is 23.5 Å². The van der Waals surface area contributed by atoms with Crippen LogP contribution < -0.4 is 5.73 Å². The highest BCUT2D eigenvalue weighted by atomic mass is 32.2. The maximum absolute atomic E-state index is 14.0. The molecule has 0 unspecified atom stereocenters. The molecule has 7 heteroatoms. The molecule has 1 aliphatic rings. The van der Waals surface area contributed by atoms with Crippen molar-refractivity contribution >= 4 is 15.7 Å². The van der Waals surface area contributed by atoms with Gasteiger partial charge in [-0.25, -0.2) is 12.8 Å². The molecular weight excluding hydrogens is 281 g/mol. The molecule has 1 aromatic rings. The Bertz CT molecular complexity index is 663. The van der Waals surface area contributed by atoms with Crippen molar-refractivity contribution in [1.82, 2.24) is 4.31 Å². The number of halogens is 1. The third kappa shape index (κ3) is 2.76. The van der Waals surface area contributed by atoms with Crippen molar-refractivity contribution in [3.63, 3.8) is 0 Å². The second-order valence-corrected chi connectivity index (χ2v) is 6.75. The van der Waals surface area contributed by atoms with Gasteiger partial charge in [0.2, 0.25) is 10.0 Å². The first-order chi connectivity index (χ1) is 9.37. The lowest BCUT2D eigenvalue weighted by Crippen LogP contribution is -2.34. The number of benzene rings is 1. The van der Waals surface area contributed by atoms with Crippen molar-refractivity contribution in [2.45, 2.75) is 37.1 Å². The highest BCUT2D eigenvalue weighted by Gasteiger charge is 2.39. The molecule has 0 radical (unpaired) electrons. The van der Waals surface area contributed by atoms with E-state index >= 15 is 0 Å². The first-order valence-electron chi connectivity index (χ1n) is 6.32. The zero-order chi connectivity index (χ0) is 14.9. The fourth-order valence-corrected chi connectivity index (χ4v) is 3.78. The monoisotopic (exact) mass is 297 g/mol. The number of rotatable bonds is 5. The Morgan fingerprint density at radius 3 is 2.70 bits per heavy atom. The van der Waals surface area contributed by atoms with Crippen LogP contribution in [0, 0.1) is 24.1 Å². The minimum absolute atomic E-state index is 0.0801. The molecule has 1 saturated carbocycles. The van der Waals surface area contributed by atoms with Crippen molar-refractivity contribution in [3.8, 4) is 6.07 Å².